The summed E-state index contributed by atoms with van der Waals surface area (Å²) in [5.41, 5.74) is 5.05. The van der Waals surface area contributed by atoms with E-state index in [1.165, 1.54) is 0 Å². The van der Waals surface area contributed by atoms with Gasteiger partial charge in [-0.25, -0.2) is 0 Å². The molecule has 194 valence electrons. The van der Waals surface area contributed by atoms with Crippen LogP contribution in [0.25, 0.3) is 0 Å². The Hall–Kier alpha value is -2.93. The Bertz CT molecular complexity index is 1460. The van der Waals surface area contributed by atoms with Crippen LogP contribution in [0.4, 0.5) is 5.69 Å². The number of furan rings is 1. The fraction of sp³-hybridized carbons (Fsp3) is 0.286. The highest BCUT2D eigenvalue weighted by molar-refractivity contribution is 6.42. The van der Waals surface area contributed by atoms with E-state index in [2.05, 4.69) is 24.3 Å². The maximum absolute atomic E-state index is 13.0. The largest absolute Gasteiger partial charge is 0.485 e. The number of carbonyl (C=O) groups excluding carboxylic acids is 1. The molecule has 2 heterocycles. The van der Waals surface area contributed by atoms with E-state index in [1.807, 2.05) is 43.7 Å². The fourth-order valence-corrected chi connectivity index (χ4v) is 4.48. The van der Waals surface area contributed by atoms with Crippen molar-refractivity contribution in [2.24, 2.45) is 0 Å². The topological polar surface area (TPSA) is 69.3 Å². The number of anilines is 1. The minimum atomic E-state index is -0.364. The maximum Gasteiger partial charge on any atom is 0.291 e. The zero-order valence-electron chi connectivity index (χ0n) is 21.3. The van der Waals surface area contributed by atoms with Crippen LogP contribution in [-0.2, 0) is 13.2 Å². The van der Waals surface area contributed by atoms with Crippen LogP contribution >= 0.6 is 34.8 Å². The highest BCUT2D eigenvalue weighted by atomic mass is 35.5. The molecule has 4 rings (SSSR count). The van der Waals surface area contributed by atoms with Crippen molar-refractivity contribution in [3.05, 3.63) is 97.1 Å². The van der Waals surface area contributed by atoms with Crippen LogP contribution in [0.2, 0.25) is 15.1 Å². The Morgan fingerprint density at radius 1 is 1.03 bits per heavy atom. The number of aryl methyl sites for hydroxylation is 2. The van der Waals surface area contributed by atoms with Gasteiger partial charge in [-0.2, -0.15) is 5.10 Å². The van der Waals surface area contributed by atoms with Gasteiger partial charge >= 0.3 is 0 Å². The molecule has 1 N–H and O–H groups in total. The second-order valence-electron chi connectivity index (χ2n) is 9.25. The molecule has 0 aliphatic carbocycles. The number of ether oxygens (including phenoxy) is 1. The molecule has 0 saturated heterocycles. The van der Waals surface area contributed by atoms with Crippen molar-refractivity contribution in [2.75, 3.05) is 5.32 Å². The van der Waals surface area contributed by atoms with E-state index in [1.54, 1.807) is 24.3 Å². The van der Waals surface area contributed by atoms with E-state index in [0.29, 0.717) is 38.8 Å². The number of hydrogen-bond acceptors (Lipinski definition) is 4. The summed E-state index contributed by atoms with van der Waals surface area (Å²) in [6.45, 7) is 10.5. The molecular formula is C28H28Cl3N3O3. The third kappa shape index (κ3) is 6.15. The number of carbonyl (C=O) groups is 1. The summed E-state index contributed by atoms with van der Waals surface area (Å²) < 4.78 is 13.6. The molecule has 2 aromatic heterocycles. The highest BCUT2D eigenvalue weighted by Gasteiger charge is 2.19. The van der Waals surface area contributed by atoms with E-state index in [-0.39, 0.29) is 24.2 Å². The lowest BCUT2D eigenvalue weighted by atomic mass is 10.0. The molecule has 9 heteroatoms. The van der Waals surface area contributed by atoms with Crippen molar-refractivity contribution >= 4 is 46.4 Å². The van der Waals surface area contributed by atoms with Gasteiger partial charge in [0.15, 0.2) is 5.76 Å². The summed E-state index contributed by atoms with van der Waals surface area (Å²) in [5.74, 6) is 1.36. The first-order valence-corrected chi connectivity index (χ1v) is 13.0. The molecule has 0 atom stereocenters. The molecular weight excluding hydrogens is 533 g/mol. The number of rotatable bonds is 8. The van der Waals surface area contributed by atoms with Gasteiger partial charge in [0.1, 0.15) is 18.1 Å². The van der Waals surface area contributed by atoms with Crippen LogP contribution in [0.15, 0.2) is 46.9 Å². The van der Waals surface area contributed by atoms with E-state index >= 15 is 0 Å². The first-order chi connectivity index (χ1) is 17.5. The summed E-state index contributed by atoms with van der Waals surface area (Å²) in [6, 6.07) is 12.7. The quantitative estimate of drug-likeness (QED) is 0.235. The van der Waals surface area contributed by atoms with Gasteiger partial charge in [-0.05, 0) is 79.8 Å². The molecule has 37 heavy (non-hydrogen) atoms. The van der Waals surface area contributed by atoms with E-state index < -0.39 is 0 Å². The molecule has 0 spiro atoms. The SMILES string of the molecule is Cc1cc(OCc2ccc(C(=O)Nc3c(C)nn(Cc4ccc(Cl)c(Cl)c4)c3C)o2)c(C(C)C)cc1Cl. The third-order valence-electron chi connectivity index (χ3n) is 6.10. The van der Waals surface area contributed by atoms with Crippen LogP contribution in [0.3, 0.4) is 0 Å². The molecule has 0 aliphatic rings. The van der Waals surface area contributed by atoms with Gasteiger partial charge in [0.05, 0.1) is 33.7 Å². The van der Waals surface area contributed by atoms with Crippen molar-refractivity contribution in [2.45, 2.75) is 53.7 Å². The normalized spacial score (nSPS) is 11.3. The number of nitrogens with one attached hydrogen (secondary N) is 1. The summed E-state index contributed by atoms with van der Waals surface area (Å²) in [4.78, 5) is 13.0. The lowest BCUT2D eigenvalue weighted by Crippen LogP contribution is -2.12. The molecule has 0 aliphatic heterocycles. The summed E-state index contributed by atoms with van der Waals surface area (Å²) >= 11 is 18.5. The van der Waals surface area contributed by atoms with Crippen molar-refractivity contribution < 1.29 is 13.9 Å². The van der Waals surface area contributed by atoms with Gasteiger partial charge in [-0.15, -0.1) is 0 Å². The number of benzene rings is 2. The average molecular weight is 561 g/mol. The number of nitrogens with zero attached hydrogens (tertiary/aromatic N) is 2. The molecule has 0 radical (unpaired) electrons. The molecule has 4 aromatic rings. The number of aromatic nitrogens is 2. The molecule has 0 fully saturated rings. The van der Waals surface area contributed by atoms with Gasteiger partial charge in [-0.1, -0.05) is 54.7 Å². The van der Waals surface area contributed by atoms with Crippen LogP contribution in [-0.4, -0.2) is 15.7 Å². The molecule has 1 amide bonds. The van der Waals surface area contributed by atoms with Crippen LogP contribution in [0.5, 0.6) is 5.75 Å². The molecule has 2 aromatic carbocycles. The number of hydrogen-bond donors (Lipinski definition) is 1. The second kappa shape index (κ2) is 11.2. The van der Waals surface area contributed by atoms with E-state index in [4.69, 9.17) is 44.0 Å². The average Bonchev–Trinajstić information content (AvgIpc) is 3.42. The zero-order valence-corrected chi connectivity index (χ0v) is 23.6. The Morgan fingerprint density at radius 2 is 1.78 bits per heavy atom. The van der Waals surface area contributed by atoms with Gasteiger partial charge in [-0.3, -0.25) is 9.48 Å². The van der Waals surface area contributed by atoms with Gasteiger partial charge in [0, 0.05) is 5.02 Å². The fourth-order valence-electron chi connectivity index (χ4n) is 3.99. The lowest BCUT2D eigenvalue weighted by Gasteiger charge is -2.15. The van der Waals surface area contributed by atoms with Crippen LogP contribution < -0.4 is 10.1 Å². The predicted molar refractivity (Wildman–Crippen MR) is 149 cm³/mol. The van der Waals surface area contributed by atoms with Gasteiger partial charge in [0.2, 0.25) is 0 Å². The molecule has 0 saturated carbocycles. The summed E-state index contributed by atoms with van der Waals surface area (Å²) in [7, 11) is 0. The summed E-state index contributed by atoms with van der Waals surface area (Å²) in [5, 5.41) is 9.19. The Kier molecular flexibility index (Phi) is 8.22. The maximum atomic E-state index is 13.0. The molecule has 0 unspecified atom stereocenters. The van der Waals surface area contributed by atoms with Gasteiger partial charge < -0.3 is 14.5 Å². The van der Waals surface area contributed by atoms with E-state index in [0.717, 1.165) is 28.1 Å². The predicted octanol–water partition coefficient (Wildman–Crippen LogP) is 8.36. The van der Waals surface area contributed by atoms with Crippen molar-refractivity contribution in [3.63, 3.8) is 0 Å². The Morgan fingerprint density at radius 3 is 2.49 bits per heavy atom. The standard InChI is InChI=1S/C28H28Cl3N3O3/c1-15(2)21-12-23(30)16(3)10-26(21)36-14-20-7-9-25(37-20)28(35)32-27-17(4)33-34(18(27)5)13-19-6-8-22(29)24(31)11-19/h6-12,15H,13-14H2,1-5H3,(H,32,35). The van der Waals surface area contributed by atoms with Crippen LogP contribution in [0.1, 0.15) is 64.2 Å². The van der Waals surface area contributed by atoms with Crippen molar-refractivity contribution in [1.82, 2.24) is 9.78 Å². The Labute approximate surface area is 231 Å². The summed E-state index contributed by atoms with van der Waals surface area (Å²) in [6.07, 6.45) is 0. The molecule has 6 nitrogen and oxygen atoms in total. The number of halogens is 3. The lowest BCUT2D eigenvalue weighted by molar-refractivity contribution is 0.0992. The zero-order chi connectivity index (χ0) is 26.9. The second-order valence-corrected chi connectivity index (χ2v) is 10.5. The van der Waals surface area contributed by atoms with Crippen molar-refractivity contribution in [3.8, 4) is 5.75 Å². The van der Waals surface area contributed by atoms with Crippen molar-refractivity contribution in [1.29, 1.82) is 0 Å². The minimum Gasteiger partial charge on any atom is -0.485 e. The first kappa shape index (κ1) is 27.1. The molecule has 0 bridgehead atoms. The smallest absolute Gasteiger partial charge is 0.291 e. The Balaban J connectivity index is 1.44. The highest BCUT2D eigenvalue weighted by Crippen LogP contribution is 2.33. The van der Waals surface area contributed by atoms with Gasteiger partial charge in [0.25, 0.3) is 5.91 Å². The number of amides is 1. The van der Waals surface area contributed by atoms with E-state index in [9.17, 15) is 4.79 Å². The third-order valence-corrected chi connectivity index (χ3v) is 7.25. The monoisotopic (exact) mass is 559 g/mol. The van der Waals surface area contributed by atoms with Crippen LogP contribution in [0, 0.1) is 20.8 Å². The first-order valence-electron chi connectivity index (χ1n) is 11.8. The minimum absolute atomic E-state index is 0.186.